The number of aromatic nitrogens is 2. The number of anilines is 1. The number of nitrogen functional groups attached to an aromatic ring is 1. The van der Waals surface area contributed by atoms with E-state index in [2.05, 4.69) is 9.97 Å². The Bertz CT molecular complexity index is 276. The third-order valence-corrected chi connectivity index (χ3v) is 1.50. The van der Waals surface area contributed by atoms with Crippen molar-refractivity contribution in [2.75, 3.05) is 5.73 Å². The van der Waals surface area contributed by atoms with Crippen LogP contribution in [0.5, 0.6) is 0 Å². The molecule has 0 saturated carbocycles. The zero-order chi connectivity index (χ0) is 8.43. The molecule has 6 heteroatoms. The normalized spacial score (nSPS) is 9.64. The lowest BCUT2D eigenvalue weighted by Gasteiger charge is -1.99. The van der Waals surface area contributed by atoms with Gasteiger partial charge in [-0.3, -0.25) is 0 Å². The summed E-state index contributed by atoms with van der Waals surface area (Å²) in [5.74, 6) is 0.116. The van der Waals surface area contributed by atoms with E-state index in [1.807, 2.05) is 0 Å². The second-order valence-electron chi connectivity index (χ2n) is 1.73. The van der Waals surface area contributed by atoms with Gasteiger partial charge in [0.1, 0.15) is 11.0 Å². The lowest BCUT2D eigenvalue weighted by atomic mass is 10.3. The van der Waals surface area contributed by atoms with Gasteiger partial charge in [0.15, 0.2) is 0 Å². The Hall–Kier alpha value is -0.870. The molecule has 0 fully saturated rings. The minimum absolute atomic E-state index is 0.0156. The molecule has 1 rings (SSSR count). The Kier molecular flexibility index (Phi) is 2.26. The predicted molar refractivity (Wildman–Crippen MR) is 44.4 cm³/mol. The van der Waals surface area contributed by atoms with Crippen molar-refractivity contribution in [1.29, 1.82) is 5.41 Å². The van der Waals surface area contributed by atoms with Crippen LogP contribution in [0.3, 0.4) is 0 Å². The van der Waals surface area contributed by atoms with Gasteiger partial charge in [-0.25, -0.2) is 9.97 Å². The van der Waals surface area contributed by atoms with Crippen LogP contribution < -0.4 is 5.73 Å². The summed E-state index contributed by atoms with van der Waals surface area (Å²) >= 11 is 11.0. The fraction of sp³-hybridized carbons (Fsp3) is 0. The minimum Gasteiger partial charge on any atom is -0.383 e. The van der Waals surface area contributed by atoms with Crippen molar-refractivity contribution in [2.24, 2.45) is 0 Å². The van der Waals surface area contributed by atoms with Gasteiger partial charge >= 0.3 is 0 Å². The van der Waals surface area contributed by atoms with Crippen LogP contribution in [0, 0.1) is 5.41 Å². The molecule has 1 aromatic rings. The Morgan fingerprint density at radius 3 is 2.45 bits per heavy atom. The Morgan fingerprint density at radius 1 is 1.36 bits per heavy atom. The third-order valence-electron chi connectivity index (χ3n) is 1.05. The van der Waals surface area contributed by atoms with Gasteiger partial charge in [0, 0.05) is 6.21 Å². The molecular weight excluding hydrogens is 187 g/mol. The number of hydrogen-bond acceptors (Lipinski definition) is 4. The average molecular weight is 191 g/mol. The van der Waals surface area contributed by atoms with Crippen LogP contribution in [-0.4, -0.2) is 16.2 Å². The van der Waals surface area contributed by atoms with Gasteiger partial charge in [-0.1, -0.05) is 11.6 Å². The molecule has 0 aliphatic rings. The van der Waals surface area contributed by atoms with E-state index in [1.165, 1.54) is 0 Å². The van der Waals surface area contributed by atoms with E-state index in [0.717, 1.165) is 6.21 Å². The molecule has 1 aromatic heterocycles. The molecule has 0 unspecified atom stereocenters. The SMILES string of the molecule is N=Cc1c(N)nc(Cl)nc1Cl. The van der Waals surface area contributed by atoms with Gasteiger partial charge in [-0.2, -0.15) is 0 Å². The van der Waals surface area contributed by atoms with Crippen LogP contribution in [0.4, 0.5) is 5.82 Å². The summed E-state index contributed by atoms with van der Waals surface area (Å²) in [6, 6.07) is 0. The predicted octanol–water partition coefficient (Wildman–Crippen LogP) is 1.36. The molecule has 0 bridgehead atoms. The first-order chi connectivity index (χ1) is 5.15. The summed E-state index contributed by atoms with van der Waals surface area (Å²) in [5.41, 5.74) is 5.65. The summed E-state index contributed by atoms with van der Waals surface area (Å²) in [7, 11) is 0. The lowest BCUT2D eigenvalue weighted by Crippen LogP contribution is -2.00. The molecule has 4 nitrogen and oxygen atoms in total. The van der Waals surface area contributed by atoms with E-state index in [9.17, 15) is 0 Å². The van der Waals surface area contributed by atoms with E-state index >= 15 is 0 Å². The number of nitrogens with zero attached hydrogens (tertiary/aromatic N) is 2. The molecule has 0 aliphatic carbocycles. The van der Waals surface area contributed by atoms with Gasteiger partial charge in [0.2, 0.25) is 5.28 Å². The van der Waals surface area contributed by atoms with Crippen molar-refractivity contribution < 1.29 is 0 Å². The molecule has 0 spiro atoms. The fourth-order valence-electron chi connectivity index (χ4n) is 0.565. The largest absolute Gasteiger partial charge is 0.383 e. The van der Waals surface area contributed by atoms with Gasteiger partial charge in [-0.05, 0) is 11.6 Å². The van der Waals surface area contributed by atoms with E-state index in [1.54, 1.807) is 0 Å². The fourth-order valence-corrected chi connectivity index (χ4v) is 1.02. The minimum atomic E-state index is -0.0156. The smallest absolute Gasteiger partial charge is 0.225 e. The highest BCUT2D eigenvalue weighted by Crippen LogP contribution is 2.17. The molecule has 3 N–H and O–H groups in total. The number of hydrogen-bond donors (Lipinski definition) is 2. The summed E-state index contributed by atoms with van der Waals surface area (Å²) in [5, 5.41) is 6.96. The molecule has 0 aromatic carbocycles. The summed E-state index contributed by atoms with van der Waals surface area (Å²) in [6.45, 7) is 0. The van der Waals surface area contributed by atoms with Gasteiger partial charge in [0.25, 0.3) is 0 Å². The lowest BCUT2D eigenvalue weighted by molar-refractivity contribution is 1.17. The van der Waals surface area contributed by atoms with E-state index in [4.69, 9.17) is 34.3 Å². The summed E-state index contributed by atoms with van der Waals surface area (Å²) < 4.78 is 0. The average Bonchev–Trinajstić information content (AvgIpc) is 1.85. The number of rotatable bonds is 1. The van der Waals surface area contributed by atoms with Crippen molar-refractivity contribution in [3.63, 3.8) is 0 Å². The molecule has 0 atom stereocenters. The van der Waals surface area contributed by atoms with Crippen molar-refractivity contribution in [1.82, 2.24) is 9.97 Å². The first kappa shape index (κ1) is 8.23. The van der Waals surface area contributed by atoms with Crippen LogP contribution in [0.2, 0.25) is 10.4 Å². The maximum Gasteiger partial charge on any atom is 0.225 e. The Labute approximate surface area is 72.9 Å². The second-order valence-corrected chi connectivity index (χ2v) is 2.42. The number of nitrogens with one attached hydrogen (secondary N) is 1. The molecule has 0 aliphatic heterocycles. The van der Waals surface area contributed by atoms with Crippen LogP contribution in [0.15, 0.2) is 0 Å². The molecule has 1 heterocycles. The highest BCUT2D eigenvalue weighted by atomic mass is 35.5. The summed E-state index contributed by atoms with van der Waals surface area (Å²) in [6.07, 6.45) is 0.980. The monoisotopic (exact) mass is 190 g/mol. The van der Waals surface area contributed by atoms with E-state index in [0.29, 0.717) is 0 Å². The Morgan fingerprint density at radius 2 is 2.00 bits per heavy atom. The standard InChI is InChI=1S/C5H4Cl2N4/c6-3-2(1-8)4(9)11-5(7)10-3/h1,8H,(H2,9,10,11). The molecule has 0 saturated heterocycles. The first-order valence-corrected chi connectivity index (χ1v) is 3.39. The van der Waals surface area contributed by atoms with Crippen LogP contribution >= 0.6 is 23.2 Å². The molecule has 0 radical (unpaired) electrons. The maximum absolute atomic E-state index is 6.88. The van der Waals surface area contributed by atoms with Crippen molar-refractivity contribution in [3.8, 4) is 0 Å². The molecule has 58 valence electrons. The second kappa shape index (κ2) is 3.02. The highest BCUT2D eigenvalue weighted by molar-refractivity contribution is 6.34. The van der Waals surface area contributed by atoms with Crippen molar-refractivity contribution in [2.45, 2.75) is 0 Å². The molecule has 11 heavy (non-hydrogen) atoms. The van der Waals surface area contributed by atoms with Gasteiger partial charge in [0.05, 0.1) is 5.56 Å². The van der Waals surface area contributed by atoms with E-state index < -0.39 is 0 Å². The van der Waals surface area contributed by atoms with Crippen molar-refractivity contribution in [3.05, 3.63) is 16.0 Å². The zero-order valence-electron chi connectivity index (χ0n) is 5.31. The van der Waals surface area contributed by atoms with Gasteiger partial charge < -0.3 is 11.1 Å². The van der Waals surface area contributed by atoms with Crippen molar-refractivity contribution >= 4 is 35.2 Å². The summed E-state index contributed by atoms with van der Waals surface area (Å²) in [4.78, 5) is 7.20. The molecule has 0 amide bonds. The highest BCUT2D eigenvalue weighted by Gasteiger charge is 2.06. The maximum atomic E-state index is 6.88. The first-order valence-electron chi connectivity index (χ1n) is 2.64. The number of nitrogens with two attached hydrogens (primary N) is 1. The third kappa shape index (κ3) is 1.58. The molecular formula is C5H4Cl2N4. The number of halogens is 2. The quantitative estimate of drug-likeness (QED) is 0.399. The zero-order valence-corrected chi connectivity index (χ0v) is 6.82. The van der Waals surface area contributed by atoms with Crippen LogP contribution in [0.25, 0.3) is 0 Å². The van der Waals surface area contributed by atoms with E-state index in [-0.39, 0.29) is 21.8 Å². The Balaban J connectivity index is 3.36. The topological polar surface area (TPSA) is 75.7 Å². The van der Waals surface area contributed by atoms with Crippen LogP contribution in [0.1, 0.15) is 5.56 Å². The van der Waals surface area contributed by atoms with Crippen LogP contribution in [-0.2, 0) is 0 Å². The van der Waals surface area contributed by atoms with Gasteiger partial charge in [-0.15, -0.1) is 0 Å².